The number of rotatable bonds is 4. The van der Waals surface area contributed by atoms with Crippen LogP contribution in [-0.2, 0) is 16.6 Å². The number of nitrogens with two attached hydrogens (primary N) is 1. The number of thiophene rings is 1. The van der Waals surface area contributed by atoms with Crippen molar-refractivity contribution in [1.29, 1.82) is 0 Å². The van der Waals surface area contributed by atoms with Gasteiger partial charge in [0, 0.05) is 4.88 Å². The highest BCUT2D eigenvalue weighted by molar-refractivity contribution is 7.91. The Morgan fingerprint density at radius 1 is 1.33 bits per heavy atom. The number of benzene rings is 1. The number of aryl methyl sites for hydroxylation is 1. The number of amides is 1. The molecule has 0 saturated heterocycles. The highest BCUT2D eigenvalue weighted by atomic mass is 32.2. The summed E-state index contributed by atoms with van der Waals surface area (Å²) in [6.07, 6.45) is 0. The van der Waals surface area contributed by atoms with E-state index >= 15 is 0 Å². The van der Waals surface area contributed by atoms with Crippen molar-refractivity contribution in [1.82, 2.24) is 5.32 Å². The van der Waals surface area contributed by atoms with Gasteiger partial charge in [0.15, 0.2) is 0 Å². The van der Waals surface area contributed by atoms with Crippen molar-refractivity contribution in [3.05, 3.63) is 46.3 Å². The fraction of sp³-hybridized carbons (Fsp3) is 0.154. The summed E-state index contributed by atoms with van der Waals surface area (Å²) >= 11 is 0.993. The summed E-state index contributed by atoms with van der Waals surface area (Å²) in [5, 5.41) is 17.3. The molecule has 0 bridgehead atoms. The van der Waals surface area contributed by atoms with E-state index in [0.29, 0.717) is 4.88 Å². The first-order valence-corrected chi connectivity index (χ1v) is 8.33. The van der Waals surface area contributed by atoms with E-state index in [1.165, 1.54) is 18.2 Å². The van der Waals surface area contributed by atoms with Gasteiger partial charge >= 0.3 is 0 Å². The van der Waals surface area contributed by atoms with Gasteiger partial charge in [-0.15, -0.1) is 11.3 Å². The van der Waals surface area contributed by atoms with Crippen molar-refractivity contribution in [2.75, 3.05) is 0 Å². The molecule has 0 atom stereocenters. The van der Waals surface area contributed by atoms with Gasteiger partial charge in [0.1, 0.15) is 9.96 Å². The Hall–Kier alpha value is -1.90. The Bertz CT molecular complexity index is 781. The number of sulfonamides is 1. The third kappa shape index (κ3) is 3.81. The van der Waals surface area contributed by atoms with Gasteiger partial charge in [-0.05, 0) is 36.8 Å². The molecule has 0 fully saturated rings. The number of phenols is 1. The minimum Gasteiger partial charge on any atom is -0.507 e. The second-order valence-electron chi connectivity index (χ2n) is 4.47. The molecule has 0 radical (unpaired) electrons. The Morgan fingerprint density at radius 2 is 2.05 bits per heavy atom. The van der Waals surface area contributed by atoms with E-state index in [1.54, 1.807) is 12.1 Å². The smallest absolute Gasteiger partial charge is 0.255 e. The lowest BCUT2D eigenvalue weighted by atomic mass is 10.1. The quantitative estimate of drug-likeness (QED) is 0.787. The van der Waals surface area contributed by atoms with Crippen LogP contribution in [0.2, 0.25) is 0 Å². The molecule has 8 heteroatoms. The predicted molar refractivity (Wildman–Crippen MR) is 79.7 cm³/mol. The molecule has 0 unspecified atom stereocenters. The molecule has 0 aliphatic rings. The fourth-order valence-electron chi connectivity index (χ4n) is 1.70. The van der Waals surface area contributed by atoms with Crippen molar-refractivity contribution in [2.45, 2.75) is 17.7 Å². The summed E-state index contributed by atoms with van der Waals surface area (Å²) in [6.45, 7) is 1.97. The van der Waals surface area contributed by atoms with E-state index in [2.05, 4.69) is 5.32 Å². The monoisotopic (exact) mass is 326 g/mol. The van der Waals surface area contributed by atoms with Gasteiger partial charge in [-0.1, -0.05) is 6.07 Å². The normalized spacial score (nSPS) is 11.3. The van der Waals surface area contributed by atoms with Gasteiger partial charge in [0.05, 0.1) is 12.1 Å². The Kier molecular flexibility index (Phi) is 4.31. The molecule has 0 aliphatic heterocycles. The topological polar surface area (TPSA) is 109 Å². The highest BCUT2D eigenvalue weighted by Gasteiger charge is 2.13. The summed E-state index contributed by atoms with van der Waals surface area (Å²) in [4.78, 5) is 12.6. The van der Waals surface area contributed by atoms with Crippen molar-refractivity contribution >= 4 is 27.3 Å². The third-order valence-corrected chi connectivity index (χ3v) is 5.26. The van der Waals surface area contributed by atoms with Crippen LogP contribution in [0.25, 0.3) is 0 Å². The minimum absolute atomic E-state index is 0.0462. The standard InChI is InChI=1S/C13H14N2O4S2/c1-8-2-4-10(11(16)6-8)13(17)15-7-9-3-5-12(20-9)21(14,18)19/h2-6,16H,7H2,1H3,(H,15,17)(H2,14,18,19). The number of hydrogen-bond donors (Lipinski definition) is 3. The van der Waals surface area contributed by atoms with Crippen LogP contribution in [0.1, 0.15) is 20.8 Å². The Labute approximate surface area is 126 Å². The first-order chi connectivity index (χ1) is 9.77. The maximum atomic E-state index is 11.9. The summed E-state index contributed by atoms with van der Waals surface area (Å²) < 4.78 is 22.3. The van der Waals surface area contributed by atoms with E-state index in [4.69, 9.17) is 5.14 Å². The van der Waals surface area contributed by atoms with E-state index in [9.17, 15) is 18.3 Å². The number of primary sulfonamides is 1. The second kappa shape index (κ2) is 5.84. The number of phenolic OH excluding ortho intramolecular Hbond substituents is 1. The molecule has 1 aromatic carbocycles. The van der Waals surface area contributed by atoms with E-state index in [0.717, 1.165) is 16.9 Å². The lowest BCUT2D eigenvalue weighted by Gasteiger charge is -2.06. The van der Waals surface area contributed by atoms with Crippen LogP contribution >= 0.6 is 11.3 Å². The predicted octanol–water partition coefficient (Wildman–Crippen LogP) is 1.34. The summed E-state index contributed by atoms with van der Waals surface area (Å²) in [6, 6.07) is 7.73. The van der Waals surface area contributed by atoms with E-state index < -0.39 is 15.9 Å². The average Bonchev–Trinajstić information content (AvgIpc) is 2.84. The molecule has 0 spiro atoms. The minimum atomic E-state index is -3.72. The number of nitrogens with one attached hydrogen (secondary N) is 1. The molecule has 112 valence electrons. The van der Waals surface area contributed by atoms with Crippen LogP contribution in [-0.4, -0.2) is 19.4 Å². The van der Waals surface area contributed by atoms with E-state index in [1.807, 2.05) is 6.92 Å². The molecule has 4 N–H and O–H groups in total. The lowest BCUT2D eigenvalue weighted by molar-refractivity contribution is 0.0948. The van der Waals surface area contributed by atoms with Gasteiger partial charge in [-0.2, -0.15) is 0 Å². The molecule has 0 aliphatic carbocycles. The van der Waals surface area contributed by atoms with Crippen LogP contribution < -0.4 is 10.5 Å². The average molecular weight is 326 g/mol. The molecule has 1 amide bonds. The van der Waals surface area contributed by atoms with Gasteiger partial charge in [-0.25, -0.2) is 13.6 Å². The fourth-order valence-corrected chi connectivity index (χ4v) is 3.42. The van der Waals surface area contributed by atoms with Crippen LogP contribution in [0.4, 0.5) is 0 Å². The number of hydrogen-bond acceptors (Lipinski definition) is 5. The molecular weight excluding hydrogens is 312 g/mol. The van der Waals surface area contributed by atoms with Crippen molar-refractivity contribution in [3.63, 3.8) is 0 Å². The van der Waals surface area contributed by atoms with Crippen LogP contribution in [0, 0.1) is 6.92 Å². The van der Waals surface area contributed by atoms with E-state index in [-0.39, 0.29) is 22.1 Å². The van der Waals surface area contributed by atoms with Crippen molar-refractivity contribution < 1.29 is 18.3 Å². The summed E-state index contributed by atoms with van der Waals surface area (Å²) in [5.74, 6) is -0.526. The number of carbonyl (C=O) groups excluding carboxylic acids is 1. The largest absolute Gasteiger partial charge is 0.507 e. The van der Waals surface area contributed by atoms with Crippen LogP contribution in [0.15, 0.2) is 34.5 Å². The Morgan fingerprint density at radius 3 is 2.62 bits per heavy atom. The molecule has 0 saturated carbocycles. The maximum absolute atomic E-state index is 11.9. The Balaban J connectivity index is 2.06. The maximum Gasteiger partial charge on any atom is 0.255 e. The molecular formula is C13H14N2O4S2. The molecule has 2 rings (SSSR count). The van der Waals surface area contributed by atoms with Gasteiger partial charge < -0.3 is 10.4 Å². The first-order valence-electron chi connectivity index (χ1n) is 5.96. The zero-order valence-electron chi connectivity index (χ0n) is 11.2. The zero-order chi connectivity index (χ0) is 15.6. The first kappa shape index (κ1) is 15.5. The third-order valence-electron chi connectivity index (χ3n) is 2.74. The highest BCUT2D eigenvalue weighted by Crippen LogP contribution is 2.21. The molecule has 1 heterocycles. The summed E-state index contributed by atoms with van der Waals surface area (Å²) in [5.41, 5.74) is 1.02. The lowest BCUT2D eigenvalue weighted by Crippen LogP contribution is -2.22. The number of aromatic hydroxyl groups is 1. The zero-order valence-corrected chi connectivity index (χ0v) is 12.8. The second-order valence-corrected chi connectivity index (χ2v) is 7.43. The molecule has 6 nitrogen and oxygen atoms in total. The SMILES string of the molecule is Cc1ccc(C(=O)NCc2ccc(S(N)(=O)=O)s2)c(O)c1. The van der Waals surface area contributed by atoms with Crippen LogP contribution in [0.5, 0.6) is 5.75 Å². The van der Waals surface area contributed by atoms with Gasteiger partial charge in [-0.3, -0.25) is 4.79 Å². The molecule has 1 aromatic heterocycles. The summed E-state index contributed by atoms with van der Waals surface area (Å²) in [7, 11) is -3.72. The van der Waals surface area contributed by atoms with Crippen molar-refractivity contribution in [3.8, 4) is 5.75 Å². The van der Waals surface area contributed by atoms with Crippen LogP contribution in [0.3, 0.4) is 0 Å². The van der Waals surface area contributed by atoms with Gasteiger partial charge in [0.2, 0.25) is 10.0 Å². The number of carbonyl (C=O) groups is 1. The van der Waals surface area contributed by atoms with Crippen molar-refractivity contribution in [2.24, 2.45) is 5.14 Å². The molecule has 2 aromatic rings. The molecule has 21 heavy (non-hydrogen) atoms. The van der Waals surface area contributed by atoms with Gasteiger partial charge in [0.25, 0.3) is 5.91 Å².